The molecular weight excluding hydrogens is 282 g/mol. The molecule has 2 rings (SSSR count). The van der Waals surface area contributed by atoms with Crippen LogP contribution in [0.5, 0.6) is 0 Å². The van der Waals surface area contributed by atoms with Crippen LogP contribution in [-0.2, 0) is 20.9 Å². The summed E-state index contributed by atoms with van der Waals surface area (Å²) >= 11 is 0. The quantitative estimate of drug-likeness (QED) is 0.803. The lowest BCUT2D eigenvalue weighted by atomic mass is 10.2. The van der Waals surface area contributed by atoms with Crippen LogP contribution in [0.4, 0.5) is 4.79 Å². The summed E-state index contributed by atoms with van der Waals surface area (Å²) in [6, 6.07) is 9.56. The van der Waals surface area contributed by atoms with Crippen LogP contribution in [0.15, 0.2) is 42.0 Å². The number of carbonyl (C=O) groups excluding carboxylic acids is 2. The van der Waals surface area contributed by atoms with Crippen molar-refractivity contribution >= 4 is 12.1 Å². The van der Waals surface area contributed by atoms with Gasteiger partial charge in [0.1, 0.15) is 6.61 Å². The van der Waals surface area contributed by atoms with E-state index in [4.69, 9.17) is 9.47 Å². The van der Waals surface area contributed by atoms with E-state index < -0.39 is 0 Å². The van der Waals surface area contributed by atoms with Crippen LogP contribution in [0.1, 0.15) is 25.3 Å². The maximum absolute atomic E-state index is 12.1. The molecule has 0 saturated heterocycles. The smallest absolute Gasteiger partial charge is 0.410 e. The Balaban J connectivity index is 1.82. The van der Waals surface area contributed by atoms with Crippen LogP contribution in [0, 0.1) is 0 Å². The first-order chi connectivity index (χ1) is 10.7. The van der Waals surface area contributed by atoms with Gasteiger partial charge in [-0.05, 0) is 25.3 Å². The monoisotopic (exact) mass is 303 g/mol. The third-order valence-electron chi connectivity index (χ3n) is 3.44. The number of rotatable bonds is 4. The molecule has 1 aromatic rings. The van der Waals surface area contributed by atoms with Gasteiger partial charge < -0.3 is 14.4 Å². The Bertz CT molecular complexity index is 539. The van der Waals surface area contributed by atoms with E-state index in [2.05, 4.69) is 0 Å². The second kappa shape index (κ2) is 8.22. The summed E-state index contributed by atoms with van der Waals surface area (Å²) < 4.78 is 10.3. The summed E-state index contributed by atoms with van der Waals surface area (Å²) in [6.07, 6.45) is 2.64. The van der Waals surface area contributed by atoms with Gasteiger partial charge >= 0.3 is 12.1 Å². The van der Waals surface area contributed by atoms with Gasteiger partial charge in [0.05, 0.1) is 6.61 Å². The fourth-order valence-electron chi connectivity index (χ4n) is 2.27. The molecule has 1 aliphatic heterocycles. The maximum atomic E-state index is 12.1. The van der Waals surface area contributed by atoms with Crippen molar-refractivity contribution in [1.82, 2.24) is 4.90 Å². The van der Waals surface area contributed by atoms with Crippen molar-refractivity contribution in [2.75, 3.05) is 19.7 Å². The number of nitrogens with zero attached hydrogens (tertiary/aromatic N) is 1. The Kier molecular flexibility index (Phi) is 6.01. The molecule has 0 unspecified atom stereocenters. The zero-order valence-electron chi connectivity index (χ0n) is 12.8. The lowest BCUT2D eigenvalue weighted by molar-refractivity contribution is -0.138. The van der Waals surface area contributed by atoms with E-state index in [0.29, 0.717) is 38.1 Å². The Morgan fingerprint density at radius 1 is 1.14 bits per heavy atom. The van der Waals surface area contributed by atoms with Crippen molar-refractivity contribution in [3.8, 4) is 0 Å². The molecule has 5 nitrogen and oxygen atoms in total. The van der Waals surface area contributed by atoms with Crippen LogP contribution in [0.2, 0.25) is 0 Å². The first-order valence-corrected chi connectivity index (χ1v) is 7.52. The second-order valence-electron chi connectivity index (χ2n) is 5.02. The molecule has 0 radical (unpaired) electrons. The first kappa shape index (κ1) is 16.1. The number of hydrogen-bond donors (Lipinski definition) is 0. The van der Waals surface area contributed by atoms with Gasteiger partial charge in [0.2, 0.25) is 0 Å². The molecule has 0 bridgehead atoms. The number of esters is 1. The molecule has 0 N–H and O–H groups in total. The van der Waals surface area contributed by atoms with Gasteiger partial charge in [-0.15, -0.1) is 0 Å². The van der Waals surface area contributed by atoms with Crippen molar-refractivity contribution in [3.05, 3.63) is 47.5 Å². The van der Waals surface area contributed by atoms with Gasteiger partial charge in [-0.1, -0.05) is 36.4 Å². The average molecular weight is 303 g/mol. The standard InChI is InChI=1S/C17H21NO4/c1-2-21-16(19)15-9-6-11-18(12-10-15)17(20)22-13-14-7-4-3-5-8-14/h3-5,7-9H,2,6,10-13H2,1H3. The van der Waals surface area contributed by atoms with Gasteiger partial charge in [0.15, 0.2) is 0 Å². The van der Waals surface area contributed by atoms with Gasteiger partial charge in [-0.2, -0.15) is 0 Å². The van der Waals surface area contributed by atoms with Crippen LogP contribution < -0.4 is 0 Å². The Hall–Kier alpha value is -2.30. The zero-order chi connectivity index (χ0) is 15.8. The summed E-state index contributed by atoms with van der Waals surface area (Å²) in [6.45, 7) is 3.42. The number of benzene rings is 1. The summed E-state index contributed by atoms with van der Waals surface area (Å²) in [5.41, 5.74) is 1.59. The molecule has 22 heavy (non-hydrogen) atoms. The third-order valence-corrected chi connectivity index (χ3v) is 3.44. The highest BCUT2D eigenvalue weighted by Gasteiger charge is 2.20. The molecule has 118 valence electrons. The number of hydrogen-bond acceptors (Lipinski definition) is 4. The molecule has 0 fully saturated rings. The fourth-order valence-corrected chi connectivity index (χ4v) is 2.27. The van der Waals surface area contributed by atoms with Crippen molar-refractivity contribution in [2.45, 2.75) is 26.4 Å². The van der Waals surface area contributed by atoms with E-state index in [-0.39, 0.29) is 18.7 Å². The number of carbonyl (C=O) groups is 2. The Morgan fingerprint density at radius 3 is 2.64 bits per heavy atom. The van der Waals surface area contributed by atoms with E-state index in [1.54, 1.807) is 11.8 Å². The minimum atomic E-state index is -0.345. The number of amides is 1. The van der Waals surface area contributed by atoms with E-state index in [9.17, 15) is 9.59 Å². The summed E-state index contributed by atoms with van der Waals surface area (Å²) in [7, 11) is 0. The molecular formula is C17H21NO4. The minimum Gasteiger partial charge on any atom is -0.463 e. The lowest BCUT2D eigenvalue weighted by Crippen LogP contribution is -2.32. The number of ether oxygens (including phenoxy) is 2. The highest BCUT2D eigenvalue weighted by Crippen LogP contribution is 2.14. The van der Waals surface area contributed by atoms with E-state index in [1.165, 1.54) is 0 Å². The van der Waals surface area contributed by atoms with E-state index >= 15 is 0 Å². The van der Waals surface area contributed by atoms with E-state index in [0.717, 1.165) is 5.56 Å². The van der Waals surface area contributed by atoms with Crippen LogP contribution in [-0.4, -0.2) is 36.7 Å². The molecule has 0 saturated carbocycles. The summed E-state index contributed by atoms with van der Waals surface area (Å²) in [4.78, 5) is 25.4. The molecule has 1 aromatic carbocycles. The predicted molar refractivity (Wildman–Crippen MR) is 82.2 cm³/mol. The molecule has 0 atom stereocenters. The molecule has 5 heteroatoms. The molecule has 0 aromatic heterocycles. The van der Waals surface area contributed by atoms with Crippen LogP contribution >= 0.6 is 0 Å². The largest absolute Gasteiger partial charge is 0.463 e. The highest BCUT2D eigenvalue weighted by molar-refractivity contribution is 5.88. The topological polar surface area (TPSA) is 55.8 Å². The third kappa shape index (κ3) is 4.62. The van der Waals surface area contributed by atoms with Crippen molar-refractivity contribution in [1.29, 1.82) is 0 Å². The van der Waals surface area contributed by atoms with Crippen LogP contribution in [0.25, 0.3) is 0 Å². The zero-order valence-corrected chi connectivity index (χ0v) is 12.8. The maximum Gasteiger partial charge on any atom is 0.410 e. The Labute approximate surface area is 130 Å². The van der Waals surface area contributed by atoms with Gasteiger partial charge in [-0.3, -0.25) is 0 Å². The molecule has 1 amide bonds. The van der Waals surface area contributed by atoms with Crippen molar-refractivity contribution in [3.63, 3.8) is 0 Å². The molecule has 0 aliphatic carbocycles. The molecule has 0 spiro atoms. The van der Waals surface area contributed by atoms with Gasteiger partial charge in [-0.25, -0.2) is 9.59 Å². The second-order valence-corrected chi connectivity index (χ2v) is 5.02. The SMILES string of the molecule is CCOC(=O)C1=CCCN(C(=O)OCc2ccccc2)CC1. The molecule has 1 aliphatic rings. The lowest BCUT2D eigenvalue weighted by Gasteiger charge is -2.20. The Morgan fingerprint density at radius 2 is 1.91 bits per heavy atom. The normalized spacial score (nSPS) is 14.8. The van der Waals surface area contributed by atoms with E-state index in [1.807, 2.05) is 36.4 Å². The fraction of sp³-hybridized carbons (Fsp3) is 0.412. The minimum absolute atomic E-state index is 0.258. The van der Waals surface area contributed by atoms with Gasteiger partial charge in [0.25, 0.3) is 0 Å². The summed E-state index contributed by atoms with van der Waals surface area (Å²) in [5, 5.41) is 0. The summed E-state index contributed by atoms with van der Waals surface area (Å²) in [5.74, 6) is -0.290. The van der Waals surface area contributed by atoms with Crippen LogP contribution in [0.3, 0.4) is 0 Å². The highest BCUT2D eigenvalue weighted by atomic mass is 16.6. The first-order valence-electron chi connectivity index (χ1n) is 7.52. The average Bonchev–Trinajstić information content (AvgIpc) is 2.80. The van der Waals surface area contributed by atoms with Crippen molar-refractivity contribution < 1.29 is 19.1 Å². The predicted octanol–water partition coefficient (Wildman–Crippen LogP) is 2.91. The van der Waals surface area contributed by atoms with Gasteiger partial charge in [0, 0.05) is 18.7 Å². The van der Waals surface area contributed by atoms with Crippen molar-refractivity contribution in [2.24, 2.45) is 0 Å². The molecule has 1 heterocycles.